The van der Waals surface area contributed by atoms with Gasteiger partial charge in [0.2, 0.25) is 10.0 Å². The zero-order valence-electron chi connectivity index (χ0n) is 18.9. The van der Waals surface area contributed by atoms with Crippen molar-refractivity contribution in [1.82, 2.24) is 4.31 Å². The van der Waals surface area contributed by atoms with Crippen LogP contribution in [0.25, 0.3) is 0 Å². The van der Waals surface area contributed by atoms with E-state index in [4.69, 9.17) is 5.26 Å². The summed E-state index contributed by atoms with van der Waals surface area (Å²) in [6, 6.07) is 13.7. The summed E-state index contributed by atoms with van der Waals surface area (Å²) < 4.78 is 29.6. The van der Waals surface area contributed by atoms with Gasteiger partial charge in [0.25, 0.3) is 0 Å². The van der Waals surface area contributed by atoms with E-state index in [1.165, 1.54) is 11.1 Å². The molecule has 2 aliphatic rings. The van der Waals surface area contributed by atoms with Crippen LogP contribution in [0.2, 0.25) is 0 Å². The molecule has 1 aliphatic heterocycles. The highest BCUT2D eigenvalue weighted by molar-refractivity contribution is 7.89. The van der Waals surface area contributed by atoms with Crippen molar-refractivity contribution in [2.45, 2.75) is 57.9 Å². The van der Waals surface area contributed by atoms with Gasteiger partial charge in [-0.2, -0.15) is 9.57 Å². The maximum atomic E-state index is 13.9. The van der Waals surface area contributed by atoms with Crippen LogP contribution in [0.5, 0.6) is 0 Å². The molecule has 162 valence electrons. The molecule has 1 heterocycles. The van der Waals surface area contributed by atoms with Crippen LogP contribution in [0.3, 0.4) is 0 Å². The largest absolute Gasteiger partial charge is 0.244 e. The van der Waals surface area contributed by atoms with E-state index in [9.17, 15) is 8.42 Å². The lowest BCUT2D eigenvalue weighted by Gasteiger charge is -2.49. The summed E-state index contributed by atoms with van der Waals surface area (Å²) in [5, 5.41) is 9.07. The quantitative estimate of drug-likeness (QED) is 0.618. The number of rotatable bonds is 4. The number of sulfonamides is 1. The second-order valence-corrected chi connectivity index (χ2v) is 11.3. The molecular weight excluding hydrogens is 404 g/mol. The number of nitriles is 1. The molecule has 0 unspecified atom stereocenters. The lowest BCUT2D eigenvalue weighted by atomic mass is 9.64. The standard InChI is InChI=1S/C26H30N2O2S/c1-16(2)25-13-22-12-23(21-8-6-20(14-27)7-9-21)24(22)15-28(25)31(29,30)26-18(4)10-17(3)11-19(26)5/h6-11,13,16,23-25H,12,15H2,1-5H3/t23-,24+,25-/m1/s1. The summed E-state index contributed by atoms with van der Waals surface area (Å²) in [5.41, 5.74) is 5.91. The Bertz CT molecular complexity index is 1160. The molecule has 0 aromatic heterocycles. The highest BCUT2D eigenvalue weighted by Gasteiger charge is 2.46. The second-order valence-electron chi connectivity index (χ2n) is 9.43. The Morgan fingerprint density at radius 1 is 1.03 bits per heavy atom. The van der Waals surface area contributed by atoms with Crippen LogP contribution in [-0.4, -0.2) is 25.3 Å². The molecule has 5 heteroatoms. The summed E-state index contributed by atoms with van der Waals surface area (Å²) in [6.07, 6.45) is 3.17. The minimum atomic E-state index is -3.63. The van der Waals surface area contributed by atoms with Gasteiger partial charge in [0, 0.05) is 18.5 Å². The fourth-order valence-electron chi connectivity index (χ4n) is 5.33. The predicted molar refractivity (Wildman–Crippen MR) is 123 cm³/mol. The average molecular weight is 435 g/mol. The number of hydrogen-bond donors (Lipinski definition) is 0. The Hall–Kier alpha value is -2.42. The maximum absolute atomic E-state index is 13.9. The van der Waals surface area contributed by atoms with Gasteiger partial charge in [-0.05, 0) is 67.9 Å². The van der Waals surface area contributed by atoms with Crippen LogP contribution in [0.4, 0.5) is 0 Å². The highest BCUT2D eigenvalue weighted by atomic mass is 32.2. The van der Waals surface area contributed by atoms with E-state index in [1.807, 2.05) is 57.2 Å². The van der Waals surface area contributed by atoms with Gasteiger partial charge in [-0.3, -0.25) is 0 Å². The summed E-state index contributed by atoms with van der Waals surface area (Å²) in [5.74, 6) is 0.692. The van der Waals surface area contributed by atoms with Gasteiger partial charge in [-0.25, -0.2) is 8.42 Å². The maximum Gasteiger partial charge on any atom is 0.244 e. The van der Waals surface area contributed by atoms with E-state index in [-0.39, 0.29) is 17.9 Å². The molecule has 31 heavy (non-hydrogen) atoms. The molecule has 2 aromatic carbocycles. The lowest BCUT2D eigenvalue weighted by Crippen LogP contribution is -2.52. The van der Waals surface area contributed by atoms with Gasteiger partial charge in [0.05, 0.1) is 16.5 Å². The molecule has 4 rings (SSSR count). The second kappa shape index (κ2) is 7.93. The van der Waals surface area contributed by atoms with Crippen molar-refractivity contribution in [3.63, 3.8) is 0 Å². The van der Waals surface area contributed by atoms with Crippen molar-refractivity contribution >= 4 is 10.0 Å². The van der Waals surface area contributed by atoms with E-state index in [0.717, 1.165) is 23.1 Å². The molecule has 3 atom stereocenters. The zero-order valence-corrected chi connectivity index (χ0v) is 19.7. The Labute approximate surface area is 186 Å². The molecule has 0 saturated heterocycles. The van der Waals surface area contributed by atoms with Crippen molar-refractivity contribution in [2.24, 2.45) is 11.8 Å². The average Bonchev–Trinajstić information content (AvgIpc) is 2.67. The molecule has 1 aliphatic carbocycles. The third kappa shape index (κ3) is 3.73. The van der Waals surface area contributed by atoms with Gasteiger partial charge < -0.3 is 0 Å². The number of nitrogens with zero attached hydrogens (tertiary/aromatic N) is 2. The summed E-state index contributed by atoms with van der Waals surface area (Å²) in [6.45, 7) is 10.5. The first-order valence-corrected chi connectivity index (χ1v) is 12.4. The van der Waals surface area contributed by atoms with Crippen molar-refractivity contribution in [2.75, 3.05) is 6.54 Å². The minimum absolute atomic E-state index is 0.127. The Balaban J connectivity index is 1.72. The van der Waals surface area contributed by atoms with Crippen LogP contribution in [0.1, 0.15) is 54.0 Å². The highest BCUT2D eigenvalue weighted by Crippen LogP contribution is 2.51. The van der Waals surface area contributed by atoms with Gasteiger partial charge in [-0.15, -0.1) is 0 Å². The number of hydrogen-bond acceptors (Lipinski definition) is 3. The third-order valence-corrected chi connectivity index (χ3v) is 9.00. The zero-order chi connectivity index (χ0) is 22.5. The monoisotopic (exact) mass is 434 g/mol. The van der Waals surface area contributed by atoms with Gasteiger partial charge in [0.1, 0.15) is 0 Å². The van der Waals surface area contributed by atoms with Crippen LogP contribution < -0.4 is 0 Å². The first-order chi connectivity index (χ1) is 14.6. The smallest absolute Gasteiger partial charge is 0.207 e. The van der Waals surface area contributed by atoms with Crippen LogP contribution in [0.15, 0.2) is 52.9 Å². The van der Waals surface area contributed by atoms with E-state index in [1.54, 1.807) is 4.31 Å². The third-order valence-electron chi connectivity index (χ3n) is 6.83. The van der Waals surface area contributed by atoms with E-state index in [2.05, 4.69) is 26.0 Å². The predicted octanol–water partition coefficient (Wildman–Crippen LogP) is 5.24. The molecule has 2 aromatic rings. The fraction of sp³-hybridized carbons (Fsp3) is 0.423. The molecule has 0 bridgehead atoms. The molecule has 0 radical (unpaired) electrons. The van der Waals surface area contributed by atoms with Gasteiger partial charge in [-0.1, -0.05) is 55.3 Å². The number of fused-ring (bicyclic) bond motifs is 1. The van der Waals surface area contributed by atoms with Crippen molar-refractivity contribution < 1.29 is 8.42 Å². The van der Waals surface area contributed by atoms with Crippen molar-refractivity contribution in [3.8, 4) is 6.07 Å². The molecule has 1 saturated carbocycles. The molecule has 4 nitrogen and oxygen atoms in total. The molecular formula is C26H30N2O2S. The lowest BCUT2D eigenvalue weighted by molar-refractivity contribution is 0.203. The first-order valence-electron chi connectivity index (χ1n) is 10.9. The van der Waals surface area contributed by atoms with Crippen molar-refractivity contribution in [3.05, 3.63) is 75.9 Å². The molecule has 1 fully saturated rings. The molecule has 0 spiro atoms. The normalized spacial score (nSPS) is 23.6. The van der Waals surface area contributed by atoms with E-state index >= 15 is 0 Å². The minimum Gasteiger partial charge on any atom is -0.207 e. The van der Waals surface area contributed by atoms with Crippen LogP contribution in [0, 0.1) is 43.9 Å². The van der Waals surface area contributed by atoms with Gasteiger partial charge >= 0.3 is 0 Å². The molecule has 0 N–H and O–H groups in total. The summed E-state index contributed by atoms with van der Waals surface area (Å²) >= 11 is 0. The number of benzene rings is 2. The molecule has 0 amide bonds. The topological polar surface area (TPSA) is 61.2 Å². The Morgan fingerprint density at radius 2 is 1.65 bits per heavy atom. The Morgan fingerprint density at radius 3 is 2.19 bits per heavy atom. The van der Waals surface area contributed by atoms with Gasteiger partial charge in [0.15, 0.2) is 0 Å². The summed E-state index contributed by atoms with van der Waals surface area (Å²) in [7, 11) is -3.63. The summed E-state index contributed by atoms with van der Waals surface area (Å²) in [4.78, 5) is 0.454. The van der Waals surface area contributed by atoms with Crippen LogP contribution >= 0.6 is 0 Å². The van der Waals surface area contributed by atoms with Crippen LogP contribution in [-0.2, 0) is 10.0 Å². The van der Waals surface area contributed by atoms with E-state index < -0.39 is 10.0 Å². The van der Waals surface area contributed by atoms with E-state index in [0.29, 0.717) is 22.9 Å². The number of aryl methyl sites for hydroxylation is 3. The van der Waals surface area contributed by atoms with Crippen molar-refractivity contribution in [1.29, 1.82) is 5.26 Å². The Kier molecular flexibility index (Phi) is 5.57. The fourth-order valence-corrected chi connectivity index (χ4v) is 7.48. The SMILES string of the molecule is Cc1cc(C)c(S(=O)(=O)N2C[C@H]3C(=C[C@@H]2C(C)C)C[C@@H]3c2ccc(C#N)cc2)c(C)c1. The first kappa shape index (κ1) is 21.8.